The molecule has 4 heteroatoms. The van der Waals surface area contributed by atoms with Crippen LogP contribution in [0.1, 0.15) is 60.3 Å². The van der Waals surface area contributed by atoms with Gasteiger partial charge in [0.05, 0.1) is 6.10 Å². The van der Waals surface area contributed by atoms with Gasteiger partial charge in [0.1, 0.15) is 0 Å². The molecule has 1 fully saturated rings. The maximum Gasteiger partial charge on any atom is 0.0757 e. The number of likely N-dealkylation sites (tertiary alicyclic amines) is 1. The van der Waals surface area contributed by atoms with Gasteiger partial charge >= 0.3 is 0 Å². The summed E-state index contributed by atoms with van der Waals surface area (Å²) < 4.78 is 0. The summed E-state index contributed by atoms with van der Waals surface area (Å²) in [5.74, 6) is 0.835. The van der Waals surface area contributed by atoms with Crippen LogP contribution in [0.5, 0.6) is 0 Å². The summed E-state index contributed by atoms with van der Waals surface area (Å²) in [6.07, 6.45) is 6.66. The van der Waals surface area contributed by atoms with Gasteiger partial charge in [0.2, 0.25) is 0 Å². The molecule has 0 radical (unpaired) electrons. The average Bonchev–Trinajstić information content (AvgIpc) is 2.40. The summed E-state index contributed by atoms with van der Waals surface area (Å²) in [6, 6.07) is 0.573. The van der Waals surface area contributed by atoms with Crippen LogP contribution in [0.4, 0.5) is 0 Å². The normalized spacial score (nSPS) is 23.9. The standard InChI is InChI=1S/C18H38N2OS/c1-8-9-10-20(13-16(21)14-22-7)15-11-17(2,3)19(6)18(4,5)12-15/h15-16,21H,8-14H2,1-7H3. The molecule has 1 unspecified atom stereocenters. The molecule has 1 saturated heterocycles. The van der Waals surface area contributed by atoms with Gasteiger partial charge in [0, 0.05) is 29.4 Å². The Morgan fingerprint density at radius 3 is 2.23 bits per heavy atom. The van der Waals surface area contributed by atoms with Crippen molar-refractivity contribution in [3.63, 3.8) is 0 Å². The molecule has 3 nitrogen and oxygen atoms in total. The molecular formula is C18H38N2OS. The minimum Gasteiger partial charge on any atom is -0.391 e. The largest absolute Gasteiger partial charge is 0.391 e. The topological polar surface area (TPSA) is 26.7 Å². The van der Waals surface area contributed by atoms with Crippen molar-refractivity contribution in [2.75, 3.05) is 32.1 Å². The van der Waals surface area contributed by atoms with Crippen molar-refractivity contribution in [3.8, 4) is 0 Å². The first-order valence-electron chi connectivity index (χ1n) is 8.79. The van der Waals surface area contributed by atoms with Gasteiger partial charge in [-0.25, -0.2) is 0 Å². The Morgan fingerprint density at radius 2 is 1.77 bits per heavy atom. The van der Waals surface area contributed by atoms with Gasteiger partial charge in [-0.2, -0.15) is 11.8 Å². The van der Waals surface area contributed by atoms with Crippen LogP contribution in [0.25, 0.3) is 0 Å². The number of aliphatic hydroxyl groups is 1. The molecule has 0 bridgehead atoms. The van der Waals surface area contributed by atoms with Gasteiger partial charge in [-0.3, -0.25) is 9.80 Å². The summed E-state index contributed by atoms with van der Waals surface area (Å²) in [7, 11) is 2.26. The van der Waals surface area contributed by atoms with Crippen molar-refractivity contribution in [1.29, 1.82) is 0 Å². The first kappa shape index (κ1) is 20.3. The second-order valence-corrected chi connectivity index (χ2v) is 9.11. The van der Waals surface area contributed by atoms with Gasteiger partial charge < -0.3 is 5.11 Å². The van der Waals surface area contributed by atoms with Crippen LogP contribution in [-0.4, -0.2) is 70.3 Å². The average molecular weight is 331 g/mol. The van der Waals surface area contributed by atoms with Gasteiger partial charge in [0.25, 0.3) is 0 Å². The first-order valence-corrected chi connectivity index (χ1v) is 10.2. The number of hydrogen-bond donors (Lipinski definition) is 1. The predicted octanol–water partition coefficient (Wildman–Crippen LogP) is 3.46. The van der Waals surface area contributed by atoms with E-state index in [0.717, 1.165) is 18.8 Å². The van der Waals surface area contributed by atoms with E-state index in [1.807, 2.05) is 0 Å². The number of rotatable bonds is 8. The zero-order valence-corrected chi connectivity index (χ0v) is 16.7. The van der Waals surface area contributed by atoms with E-state index in [-0.39, 0.29) is 17.2 Å². The summed E-state index contributed by atoms with van der Waals surface area (Å²) >= 11 is 1.74. The van der Waals surface area contributed by atoms with Crippen molar-refractivity contribution < 1.29 is 5.11 Å². The zero-order valence-electron chi connectivity index (χ0n) is 15.9. The maximum absolute atomic E-state index is 10.3. The summed E-state index contributed by atoms with van der Waals surface area (Å²) in [6.45, 7) is 13.6. The number of unbranched alkanes of at least 4 members (excludes halogenated alkanes) is 1. The van der Waals surface area contributed by atoms with Gasteiger partial charge in [0.15, 0.2) is 0 Å². The Bertz CT molecular complexity index is 315. The van der Waals surface area contributed by atoms with Gasteiger partial charge in [-0.1, -0.05) is 13.3 Å². The Balaban J connectivity index is 2.84. The molecule has 1 heterocycles. The molecule has 1 atom stereocenters. The molecule has 0 aromatic carbocycles. The van der Waals surface area contributed by atoms with E-state index in [1.54, 1.807) is 11.8 Å². The van der Waals surface area contributed by atoms with Crippen molar-refractivity contribution >= 4 is 11.8 Å². The SMILES string of the molecule is CCCCN(CC(O)CSC)C1CC(C)(C)N(C)C(C)(C)C1. The molecule has 132 valence electrons. The Morgan fingerprint density at radius 1 is 1.23 bits per heavy atom. The molecule has 1 N–H and O–H groups in total. The lowest BCUT2D eigenvalue weighted by Crippen LogP contribution is -2.63. The zero-order chi connectivity index (χ0) is 17.0. The first-order chi connectivity index (χ1) is 10.1. The minimum absolute atomic E-state index is 0.210. The third kappa shape index (κ3) is 5.40. The molecule has 1 rings (SSSR count). The van der Waals surface area contributed by atoms with Crippen molar-refractivity contribution in [3.05, 3.63) is 0 Å². The quantitative estimate of drug-likeness (QED) is 0.737. The molecule has 1 aliphatic rings. The number of aliphatic hydroxyl groups excluding tert-OH is 1. The fourth-order valence-electron chi connectivity index (χ4n) is 3.88. The highest BCUT2D eigenvalue weighted by Gasteiger charge is 2.44. The van der Waals surface area contributed by atoms with E-state index in [4.69, 9.17) is 0 Å². The van der Waals surface area contributed by atoms with Crippen LogP contribution >= 0.6 is 11.8 Å². The second kappa shape index (κ2) is 8.36. The Labute approximate surface area is 142 Å². The van der Waals surface area contributed by atoms with Crippen LogP contribution in [0.15, 0.2) is 0 Å². The minimum atomic E-state index is -0.210. The van der Waals surface area contributed by atoms with Crippen LogP contribution in [0, 0.1) is 0 Å². The molecule has 22 heavy (non-hydrogen) atoms. The molecule has 0 aromatic heterocycles. The lowest BCUT2D eigenvalue weighted by Gasteiger charge is -2.56. The van der Waals surface area contributed by atoms with E-state index in [1.165, 1.54) is 25.7 Å². The third-order valence-electron chi connectivity index (χ3n) is 5.41. The molecule has 0 aromatic rings. The van der Waals surface area contributed by atoms with Crippen LogP contribution in [0.2, 0.25) is 0 Å². The number of piperidine rings is 1. The van der Waals surface area contributed by atoms with Crippen molar-refractivity contribution in [1.82, 2.24) is 9.80 Å². The number of nitrogens with zero attached hydrogens (tertiary/aromatic N) is 2. The number of thioether (sulfide) groups is 1. The fraction of sp³-hybridized carbons (Fsp3) is 1.00. The highest BCUT2D eigenvalue weighted by molar-refractivity contribution is 7.98. The monoisotopic (exact) mass is 330 g/mol. The van der Waals surface area contributed by atoms with Gasteiger partial charge in [-0.05, 0) is 66.8 Å². The summed E-state index contributed by atoms with van der Waals surface area (Å²) in [4.78, 5) is 5.10. The van der Waals surface area contributed by atoms with E-state index < -0.39 is 0 Å². The van der Waals surface area contributed by atoms with Crippen LogP contribution in [0.3, 0.4) is 0 Å². The van der Waals surface area contributed by atoms with E-state index in [9.17, 15) is 5.11 Å². The molecule has 0 aliphatic carbocycles. The van der Waals surface area contributed by atoms with Crippen LogP contribution < -0.4 is 0 Å². The van der Waals surface area contributed by atoms with Crippen molar-refractivity contribution in [2.45, 2.75) is 83.5 Å². The Kier molecular flexibility index (Phi) is 7.71. The summed E-state index contributed by atoms with van der Waals surface area (Å²) in [5, 5.41) is 10.3. The molecular weight excluding hydrogens is 292 g/mol. The smallest absolute Gasteiger partial charge is 0.0757 e. The third-order valence-corrected chi connectivity index (χ3v) is 6.12. The van der Waals surface area contributed by atoms with Crippen molar-refractivity contribution in [2.24, 2.45) is 0 Å². The molecule has 0 amide bonds. The van der Waals surface area contributed by atoms with E-state index in [2.05, 4.69) is 57.7 Å². The molecule has 1 aliphatic heterocycles. The Hall–Kier alpha value is 0.230. The van der Waals surface area contributed by atoms with Crippen LogP contribution in [-0.2, 0) is 0 Å². The predicted molar refractivity (Wildman–Crippen MR) is 99.8 cm³/mol. The van der Waals surface area contributed by atoms with Gasteiger partial charge in [-0.15, -0.1) is 0 Å². The highest BCUT2D eigenvalue weighted by atomic mass is 32.2. The lowest BCUT2D eigenvalue weighted by atomic mass is 9.77. The van der Waals surface area contributed by atoms with E-state index >= 15 is 0 Å². The maximum atomic E-state index is 10.3. The second-order valence-electron chi connectivity index (χ2n) is 8.20. The fourth-order valence-corrected chi connectivity index (χ4v) is 4.37. The molecule has 0 spiro atoms. The highest BCUT2D eigenvalue weighted by Crippen LogP contribution is 2.39. The lowest BCUT2D eigenvalue weighted by molar-refractivity contribution is -0.0537. The summed E-state index contributed by atoms with van der Waals surface area (Å²) in [5.41, 5.74) is 0.419. The molecule has 0 saturated carbocycles. The number of hydrogen-bond acceptors (Lipinski definition) is 4. The van der Waals surface area contributed by atoms with E-state index in [0.29, 0.717) is 6.04 Å².